The second kappa shape index (κ2) is 61.6. The summed E-state index contributed by atoms with van der Waals surface area (Å²) in [5.41, 5.74) is 0. The number of rotatable bonds is 68. The van der Waals surface area contributed by atoms with Crippen molar-refractivity contribution in [2.24, 2.45) is 5.92 Å². The molecule has 0 radical (unpaired) electrons. The van der Waals surface area contributed by atoms with Crippen LogP contribution in [0.4, 0.5) is 0 Å². The van der Waals surface area contributed by atoms with Crippen molar-refractivity contribution in [3.05, 3.63) is 0 Å². The van der Waals surface area contributed by atoms with Crippen molar-refractivity contribution in [1.29, 1.82) is 0 Å². The van der Waals surface area contributed by atoms with Crippen LogP contribution in [0.15, 0.2) is 0 Å². The van der Waals surface area contributed by atoms with Crippen molar-refractivity contribution < 1.29 is 80.2 Å². The molecule has 0 aliphatic carbocycles. The monoisotopic (exact) mass is 1280 g/mol. The zero-order valence-corrected chi connectivity index (χ0v) is 57.9. The van der Waals surface area contributed by atoms with Crippen LogP contribution < -0.4 is 0 Å². The molecule has 0 bridgehead atoms. The third-order valence-electron chi connectivity index (χ3n) is 16.1. The highest BCUT2D eigenvalue weighted by Gasteiger charge is 2.30. The Morgan fingerprint density at radius 2 is 0.552 bits per heavy atom. The van der Waals surface area contributed by atoms with Gasteiger partial charge in [0.25, 0.3) is 0 Å². The fourth-order valence-electron chi connectivity index (χ4n) is 10.3. The Kier molecular flexibility index (Phi) is 60.2. The molecule has 0 saturated heterocycles. The van der Waals surface area contributed by atoms with Gasteiger partial charge in [-0.1, -0.05) is 298 Å². The summed E-state index contributed by atoms with van der Waals surface area (Å²) in [5.74, 6) is -1.42. The number of phosphoric ester groups is 2. The molecule has 3 unspecified atom stereocenters. The van der Waals surface area contributed by atoms with Gasteiger partial charge in [0.15, 0.2) is 12.2 Å². The van der Waals surface area contributed by atoms with Gasteiger partial charge in [0.05, 0.1) is 26.4 Å². The van der Waals surface area contributed by atoms with Gasteiger partial charge in [-0.2, -0.15) is 0 Å². The van der Waals surface area contributed by atoms with Crippen LogP contribution in [-0.2, 0) is 65.4 Å². The zero-order chi connectivity index (χ0) is 64.2. The molecule has 0 fully saturated rings. The Hall–Kier alpha value is -1.94. The number of aliphatic hydroxyl groups excluding tert-OH is 1. The van der Waals surface area contributed by atoms with E-state index in [1.165, 1.54) is 167 Å². The van der Waals surface area contributed by atoms with E-state index >= 15 is 0 Å². The van der Waals surface area contributed by atoms with Crippen molar-refractivity contribution in [1.82, 2.24) is 0 Å². The molecular weight excluding hydrogens is 1150 g/mol. The number of carbonyl (C=O) groups excluding carboxylic acids is 4. The number of phosphoric acid groups is 2. The summed E-state index contributed by atoms with van der Waals surface area (Å²) in [6, 6.07) is 0. The highest BCUT2D eigenvalue weighted by atomic mass is 31.2. The summed E-state index contributed by atoms with van der Waals surface area (Å²) >= 11 is 0. The van der Waals surface area contributed by atoms with E-state index in [9.17, 15) is 43.2 Å². The quantitative estimate of drug-likeness (QED) is 0.0222. The van der Waals surface area contributed by atoms with E-state index in [-0.39, 0.29) is 25.7 Å². The SMILES string of the molecule is CCCCCCCCCCCCCCCCCCCCCC(=O)O[C@H](COC(=O)CCCCCCCCCCCCCCC)COP(=O)(O)OC[C@@H](O)COP(=O)(O)OC[C@@H](COC(=O)CCCCCCC)OC(=O)CCCCCCCCC(C)CC. The van der Waals surface area contributed by atoms with Gasteiger partial charge in [-0.3, -0.25) is 37.3 Å². The van der Waals surface area contributed by atoms with E-state index < -0.39 is 97.5 Å². The molecular formula is C68H132O17P2. The van der Waals surface area contributed by atoms with Crippen molar-refractivity contribution in [3.8, 4) is 0 Å². The van der Waals surface area contributed by atoms with Gasteiger partial charge in [0, 0.05) is 25.7 Å². The Labute approximate surface area is 530 Å². The van der Waals surface area contributed by atoms with Crippen LogP contribution >= 0.6 is 15.6 Å². The van der Waals surface area contributed by atoms with E-state index in [0.29, 0.717) is 25.7 Å². The van der Waals surface area contributed by atoms with Gasteiger partial charge in [-0.05, 0) is 31.6 Å². The topological polar surface area (TPSA) is 237 Å². The largest absolute Gasteiger partial charge is 0.472 e. The Bertz CT molecular complexity index is 1690. The van der Waals surface area contributed by atoms with Crippen LogP contribution in [0.3, 0.4) is 0 Å². The minimum Gasteiger partial charge on any atom is -0.462 e. The number of hydrogen-bond acceptors (Lipinski definition) is 15. The van der Waals surface area contributed by atoms with Gasteiger partial charge in [-0.25, -0.2) is 9.13 Å². The predicted molar refractivity (Wildman–Crippen MR) is 349 cm³/mol. The first-order chi connectivity index (χ1) is 42.1. The molecule has 0 aliphatic rings. The molecule has 17 nitrogen and oxygen atoms in total. The Balaban J connectivity index is 5.14. The number of carbonyl (C=O) groups is 4. The average molecular weight is 1280 g/mol. The molecule has 6 atom stereocenters. The maximum Gasteiger partial charge on any atom is 0.472 e. The lowest BCUT2D eigenvalue weighted by molar-refractivity contribution is -0.161. The number of aliphatic hydroxyl groups is 1. The van der Waals surface area contributed by atoms with Crippen LogP contribution in [0.1, 0.15) is 349 Å². The maximum absolute atomic E-state index is 13.0. The van der Waals surface area contributed by atoms with Gasteiger partial charge in [0.2, 0.25) is 0 Å². The van der Waals surface area contributed by atoms with Crippen LogP contribution in [0.25, 0.3) is 0 Å². The average Bonchev–Trinajstić information content (AvgIpc) is 3.70. The molecule has 0 aromatic heterocycles. The van der Waals surface area contributed by atoms with Crippen molar-refractivity contribution in [2.45, 2.75) is 368 Å². The molecule has 0 saturated carbocycles. The van der Waals surface area contributed by atoms with E-state index in [1.54, 1.807) is 0 Å². The minimum atomic E-state index is -4.95. The van der Waals surface area contributed by atoms with Crippen LogP contribution in [0.2, 0.25) is 0 Å². The smallest absolute Gasteiger partial charge is 0.462 e. The fourth-order valence-corrected chi connectivity index (χ4v) is 11.8. The van der Waals surface area contributed by atoms with E-state index in [0.717, 1.165) is 102 Å². The number of ether oxygens (including phenoxy) is 4. The number of hydrogen-bond donors (Lipinski definition) is 3. The molecule has 0 aromatic carbocycles. The lowest BCUT2D eigenvalue weighted by Gasteiger charge is -2.21. The normalized spacial score (nSPS) is 14.4. The third kappa shape index (κ3) is 61.3. The minimum absolute atomic E-state index is 0.102. The first-order valence-electron chi connectivity index (χ1n) is 35.7. The molecule has 516 valence electrons. The van der Waals surface area contributed by atoms with Crippen molar-refractivity contribution in [3.63, 3.8) is 0 Å². The summed E-state index contributed by atoms with van der Waals surface area (Å²) in [6.45, 7) is 7.09. The molecule has 87 heavy (non-hydrogen) atoms. The number of unbranched alkanes of at least 4 members (excludes halogenated alkanes) is 39. The molecule has 0 rings (SSSR count). The van der Waals surface area contributed by atoms with Gasteiger partial charge in [-0.15, -0.1) is 0 Å². The third-order valence-corrected chi connectivity index (χ3v) is 18.0. The van der Waals surface area contributed by atoms with Crippen LogP contribution in [0.5, 0.6) is 0 Å². The fraction of sp³-hybridized carbons (Fsp3) is 0.941. The Morgan fingerprint density at radius 1 is 0.322 bits per heavy atom. The van der Waals surface area contributed by atoms with E-state index in [4.69, 9.17) is 37.0 Å². The van der Waals surface area contributed by atoms with Crippen LogP contribution in [0, 0.1) is 5.92 Å². The summed E-state index contributed by atoms with van der Waals surface area (Å²) in [6.07, 6.45) is 47.7. The molecule has 0 amide bonds. The highest BCUT2D eigenvalue weighted by Crippen LogP contribution is 2.45. The maximum atomic E-state index is 13.0. The molecule has 3 N–H and O–H groups in total. The van der Waals surface area contributed by atoms with Gasteiger partial charge < -0.3 is 33.8 Å². The molecule has 0 spiro atoms. The highest BCUT2D eigenvalue weighted by molar-refractivity contribution is 7.47. The predicted octanol–water partition coefficient (Wildman–Crippen LogP) is 19.4. The lowest BCUT2D eigenvalue weighted by Crippen LogP contribution is -2.30. The van der Waals surface area contributed by atoms with Crippen LogP contribution in [-0.4, -0.2) is 96.7 Å². The summed E-state index contributed by atoms with van der Waals surface area (Å²) < 4.78 is 68.0. The second-order valence-electron chi connectivity index (χ2n) is 24.8. The Morgan fingerprint density at radius 3 is 0.816 bits per heavy atom. The van der Waals surface area contributed by atoms with Gasteiger partial charge >= 0.3 is 39.5 Å². The number of esters is 4. The summed E-state index contributed by atoms with van der Waals surface area (Å²) in [4.78, 5) is 72.1. The molecule has 0 aromatic rings. The summed E-state index contributed by atoms with van der Waals surface area (Å²) in [5, 5.41) is 10.5. The molecule has 19 heteroatoms. The van der Waals surface area contributed by atoms with E-state index in [2.05, 4.69) is 34.6 Å². The first kappa shape index (κ1) is 85.1. The first-order valence-corrected chi connectivity index (χ1v) is 38.7. The second-order valence-corrected chi connectivity index (χ2v) is 27.7. The molecule has 0 heterocycles. The van der Waals surface area contributed by atoms with Crippen molar-refractivity contribution in [2.75, 3.05) is 39.6 Å². The van der Waals surface area contributed by atoms with Gasteiger partial charge in [0.1, 0.15) is 19.3 Å². The lowest BCUT2D eigenvalue weighted by atomic mass is 10.00. The van der Waals surface area contributed by atoms with E-state index in [1.807, 2.05) is 0 Å². The standard InChI is InChI=1S/C68H132O17P2/c1-6-10-13-16-18-20-22-24-25-26-27-28-29-31-33-35-37-43-48-53-67(72)84-64(58-79-66(71)52-47-42-36-34-32-30-23-21-19-17-14-11-7-2)60-83-87(76,77)81-56-62(69)55-80-86(74,75)82-59-63(57-78-65(70)51-46-40-15-12-8-3)85-68(73)54-49-44-39-38-41-45-50-61(5)9-4/h61-64,69H,6-60H2,1-5H3,(H,74,75)(H,76,77)/t61?,62-,63+,64+/m0/s1. The summed E-state index contributed by atoms with van der Waals surface area (Å²) in [7, 11) is -9.88. The molecule has 0 aliphatic heterocycles. The zero-order valence-electron chi connectivity index (χ0n) is 56.2. The van der Waals surface area contributed by atoms with Crippen molar-refractivity contribution >= 4 is 39.5 Å².